The number of amides is 1. The van der Waals surface area contributed by atoms with E-state index in [9.17, 15) is 4.79 Å². The van der Waals surface area contributed by atoms with Crippen molar-refractivity contribution in [3.8, 4) is 0 Å². The lowest BCUT2D eigenvalue weighted by atomic mass is 10.2. The summed E-state index contributed by atoms with van der Waals surface area (Å²) in [5, 5.41) is 3.46. The highest BCUT2D eigenvalue weighted by atomic mass is 16.5. The first-order valence-electron chi connectivity index (χ1n) is 8.01. The lowest BCUT2D eigenvalue weighted by molar-refractivity contribution is -0.128. The second-order valence-electron chi connectivity index (χ2n) is 5.94. The smallest absolute Gasteiger partial charge is 0.224 e. The number of nitrogens with zero attached hydrogens (tertiary/aromatic N) is 3. The van der Waals surface area contributed by atoms with Gasteiger partial charge in [0.05, 0.1) is 13.2 Å². The highest BCUT2D eigenvalue weighted by Gasteiger charge is 2.29. The molecule has 1 atom stereocenters. The molecule has 6 nitrogen and oxygen atoms in total. The van der Waals surface area contributed by atoms with Crippen LogP contribution in [0, 0.1) is 0 Å². The number of pyridine rings is 1. The minimum absolute atomic E-state index is 0.248. The van der Waals surface area contributed by atoms with Gasteiger partial charge in [-0.15, -0.1) is 0 Å². The third-order valence-corrected chi connectivity index (χ3v) is 4.32. The van der Waals surface area contributed by atoms with Gasteiger partial charge in [-0.2, -0.15) is 0 Å². The maximum Gasteiger partial charge on any atom is 0.224 e. The van der Waals surface area contributed by atoms with Crippen molar-refractivity contribution in [2.45, 2.75) is 19.0 Å². The van der Waals surface area contributed by atoms with Crippen LogP contribution in [0.1, 0.15) is 12.0 Å². The molecule has 2 saturated heterocycles. The quantitative estimate of drug-likeness (QED) is 0.808. The van der Waals surface area contributed by atoms with Crippen LogP contribution in [-0.4, -0.2) is 72.7 Å². The van der Waals surface area contributed by atoms with Gasteiger partial charge in [-0.05, 0) is 11.6 Å². The first-order chi connectivity index (χ1) is 10.8. The minimum Gasteiger partial charge on any atom is -0.379 e. The Morgan fingerprint density at radius 2 is 2.18 bits per heavy atom. The molecule has 0 aliphatic carbocycles. The monoisotopic (exact) mass is 304 g/mol. The summed E-state index contributed by atoms with van der Waals surface area (Å²) >= 11 is 0. The molecule has 0 radical (unpaired) electrons. The molecule has 22 heavy (non-hydrogen) atoms. The predicted octanol–water partition coefficient (Wildman–Crippen LogP) is 0.104. The van der Waals surface area contributed by atoms with E-state index >= 15 is 0 Å². The number of ether oxygens (including phenoxy) is 1. The lowest BCUT2D eigenvalue weighted by Gasteiger charge is -2.28. The van der Waals surface area contributed by atoms with Crippen LogP contribution in [0.4, 0.5) is 0 Å². The Balaban J connectivity index is 1.40. The van der Waals surface area contributed by atoms with Crippen LogP contribution in [0.15, 0.2) is 24.5 Å². The van der Waals surface area contributed by atoms with E-state index in [4.69, 9.17) is 4.74 Å². The van der Waals surface area contributed by atoms with Crippen molar-refractivity contribution in [2.24, 2.45) is 0 Å². The van der Waals surface area contributed by atoms with Gasteiger partial charge in [0, 0.05) is 64.1 Å². The third-order valence-electron chi connectivity index (χ3n) is 4.32. The molecule has 1 aromatic heterocycles. The maximum atomic E-state index is 12.1. The maximum absolute atomic E-state index is 12.1. The Labute approximate surface area is 131 Å². The van der Waals surface area contributed by atoms with Crippen molar-refractivity contribution in [2.75, 3.05) is 45.9 Å². The molecule has 0 bridgehead atoms. The molecule has 0 aromatic carbocycles. The van der Waals surface area contributed by atoms with Crippen molar-refractivity contribution >= 4 is 5.91 Å². The van der Waals surface area contributed by atoms with E-state index in [1.807, 2.05) is 23.2 Å². The van der Waals surface area contributed by atoms with Crippen molar-refractivity contribution in [1.82, 2.24) is 20.1 Å². The molecule has 1 N–H and O–H groups in total. The largest absolute Gasteiger partial charge is 0.379 e. The fourth-order valence-electron chi connectivity index (χ4n) is 2.98. The van der Waals surface area contributed by atoms with Gasteiger partial charge in [-0.3, -0.25) is 14.7 Å². The Hall–Kier alpha value is -1.50. The van der Waals surface area contributed by atoms with Crippen molar-refractivity contribution in [3.63, 3.8) is 0 Å². The number of hydrogen-bond donors (Lipinski definition) is 1. The molecular weight excluding hydrogens is 280 g/mol. The Morgan fingerprint density at radius 1 is 1.32 bits per heavy atom. The molecule has 0 saturated carbocycles. The first-order valence-corrected chi connectivity index (χ1v) is 8.01. The van der Waals surface area contributed by atoms with Gasteiger partial charge < -0.3 is 15.0 Å². The highest BCUT2D eigenvalue weighted by molar-refractivity contribution is 5.79. The molecule has 6 heteroatoms. The van der Waals surface area contributed by atoms with E-state index < -0.39 is 0 Å². The molecule has 120 valence electrons. The summed E-state index contributed by atoms with van der Waals surface area (Å²) in [6.45, 7) is 6.92. The summed E-state index contributed by atoms with van der Waals surface area (Å²) in [5.74, 6) is 0.261. The van der Waals surface area contributed by atoms with E-state index in [0.717, 1.165) is 58.0 Å². The summed E-state index contributed by atoms with van der Waals surface area (Å²) in [6, 6.07) is 4.23. The van der Waals surface area contributed by atoms with E-state index in [2.05, 4.69) is 15.2 Å². The molecule has 2 fully saturated rings. The molecule has 3 heterocycles. The van der Waals surface area contributed by atoms with Crippen LogP contribution in [0.3, 0.4) is 0 Å². The fourth-order valence-corrected chi connectivity index (χ4v) is 2.98. The molecule has 0 spiro atoms. The van der Waals surface area contributed by atoms with Crippen LogP contribution < -0.4 is 5.32 Å². The van der Waals surface area contributed by atoms with Gasteiger partial charge in [0.1, 0.15) is 0 Å². The SMILES string of the molecule is O=C1C[C@H](NCc2cccnc2)CN1CCN1CCOCC1. The number of nitrogens with one attached hydrogen (secondary N) is 1. The topological polar surface area (TPSA) is 57.7 Å². The van der Waals surface area contributed by atoms with E-state index in [1.165, 1.54) is 0 Å². The van der Waals surface area contributed by atoms with E-state index in [0.29, 0.717) is 6.42 Å². The Morgan fingerprint density at radius 3 is 2.95 bits per heavy atom. The normalized spacial score (nSPS) is 23.2. The number of rotatable bonds is 6. The summed E-state index contributed by atoms with van der Waals surface area (Å²) < 4.78 is 5.35. The van der Waals surface area contributed by atoms with Gasteiger partial charge in [-0.25, -0.2) is 0 Å². The van der Waals surface area contributed by atoms with Crippen LogP contribution in [0.5, 0.6) is 0 Å². The molecule has 2 aliphatic heterocycles. The second kappa shape index (κ2) is 7.67. The molecular formula is C16H24N4O2. The first kappa shape index (κ1) is 15.4. The summed E-state index contributed by atoms with van der Waals surface area (Å²) in [7, 11) is 0. The number of likely N-dealkylation sites (tertiary alicyclic amines) is 1. The fraction of sp³-hybridized carbons (Fsp3) is 0.625. The molecule has 1 aromatic rings. The van der Waals surface area contributed by atoms with Gasteiger partial charge in [0.25, 0.3) is 0 Å². The third kappa shape index (κ3) is 4.25. The zero-order valence-corrected chi connectivity index (χ0v) is 12.9. The average molecular weight is 304 g/mol. The Kier molecular flexibility index (Phi) is 5.37. The van der Waals surface area contributed by atoms with E-state index in [1.54, 1.807) is 6.20 Å². The summed E-state index contributed by atoms with van der Waals surface area (Å²) in [5.41, 5.74) is 1.15. The van der Waals surface area contributed by atoms with E-state index in [-0.39, 0.29) is 11.9 Å². The number of morpholine rings is 1. The van der Waals surface area contributed by atoms with Crippen LogP contribution in [-0.2, 0) is 16.1 Å². The predicted molar refractivity (Wildman–Crippen MR) is 83.3 cm³/mol. The zero-order valence-electron chi connectivity index (χ0n) is 12.9. The highest BCUT2D eigenvalue weighted by Crippen LogP contribution is 2.12. The summed E-state index contributed by atoms with van der Waals surface area (Å²) in [4.78, 5) is 20.6. The lowest BCUT2D eigenvalue weighted by Crippen LogP contribution is -2.42. The standard InChI is InChI=1S/C16H24N4O2/c21-16-10-15(18-12-14-2-1-3-17-11-14)13-20(16)5-4-19-6-8-22-9-7-19/h1-3,11,15,18H,4-10,12-13H2/t15-/m0/s1. The van der Waals surface area contributed by atoms with Gasteiger partial charge in [-0.1, -0.05) is 6.07 Å². The zero-order chi connectivity index (χ0) is 15.2. The number of carbonyl (C=O) groups is 1. The number of carbonyl (C=O) groups excluding carboxylic acids is 1. The van der Waals surface area contributed by atoms with Crippen molar-refractivity contribution in [3.05, 3.63) is 30.1 Å². The second-order valence-corrected chi connectivity index (χ2v) is 5.94. The van der Waals surface area contributed by atoms with Crippen LogP contribution in [0.25, 0.3) is 0 Å². The Bertz CT molecular complexity index is 476. The van der Waals surface area contributed by atoms with Crippen LogP contribution in [0.2, 0.25) is 0 Å². The van der Waals surface area contributed by atoms with Gasteiger partial charge in [0.15, 0.2) is 0 Å². The molecule has 0 unspecified atom stereocenters. The van der Waals surface area contributed by atoms with Crippen molar-refractivity contribution < 1.29 is 9.53 Å². The molecule has 3 rings (SSSR count). The van der Waals surface area contributed by atoms with Gasteiger partial charge >= 0.3 is 0 Å². The average Bonchev–Trinajstić information content (AvgIpc) is 2.93. The minimum atomic E-state index is 0.248. The summed E-state index contributed by atoms with van der Waals surface area (Å²) in [6.07, 6.45) is 4.24. The van der Waals surface area contributed by atoms with Crippen LogP contribution >= 0.6 is 0 Å². The molecule has 1 amide bonds. The van der Waals surface area contributed by atoms with Gasteiger partial charge in [0.2, 0.25) is 5.91 Å². The number of hydrogen-bond acceptors (Lipinski definition) is 5. The number of aromatic nitrogens is 1. The van der Waals surface area contributed by atoms with Crippen molar-refractivity contribution in [1.29, 1.82) is 0 Å². The molecule has 2 aliphatic rings.